The van der Waals surface area contributed by atoms with E-state index in [0.29, 0.717) is 6.04 Å². The predicted octanol–water partition coefficient (Wildman–Crippen LogP) is 3.93. The molecule has 1 aliphatic carbocycles. The molecule has 0 radical (unpaired) electrons. The van der Waals surface area contributed by atoms with Crippen LogP contribution in [-0.2, 0) is 0 Å². The van der Waals surface area contributed by atoms with Crippen molar-refractivity contribution < 1.29 is 0 Å². The Balaban J connectivity index is 1.63. The van der Waals surface area contributed by atoms with Crippen LogP contribution >= 0.6 is 27.7 Å². The summed E-state index contributed by atoms with van der Waals surface area (Å²) in [7, 11) is 0. The maximum atomic E-state index is 3.60. The van der Waals surface area contributed by atoms with Gasteiger partial charge in [0.2, 0.25) is 0 Å². The fourth-order valence-corrected chi connectivity index (χ4v) is 3.17. The van der Waals surface area contributed by atoms with Crippen LogP contribution < -0.4 is 5.32 Å². The Morgan fingerprint density at radius 3 is 3.00 bits per heavy atom. The van der Waals surface area contributed by atoms with E-state index in [9.17, 15) is 0 Å². The first-order chi connectivity index (χ1) is 7.75. The van der Waals surface area contributed by atoms with Gasteiger partial charge in [0.1, 0.15) is 0 Å². The minimum Gasteiger partial charge on any atom is -0.313 e. The molecule has 0 aliphatic heterocycles. The summed E-state index contributed by atoms with van der Waals surface area (Å²) in [5, 5.41) is 3.60. The van der Waals surface area contributed by atoms with Crippen molar-refractivity contribution >= 4 is 27.7 Å². The molecule has 0 spiro atoms. The van der Waals surface area contributed by atoms with Gasteiger partial charge in [-0.15, -0.1) is 11.8 Å². The summed E-state index contributed by atoms with van der Waals surface area (Å²) in [5.41, 5.74) is 0. The third-order valence-corrected chi connectivity index (χ3v) is 4.45. The van der Waals surface area contributed by atoms with E-state index < -0.39 is 0 Å². The maximum Gasteiger partial charge on any atom is 0.0186 e. The van der Waals surface area contributed by atoms with E-state index in [1.165, 1.54) is 17.7 Å². The molecule has 0 amide bonds. The van der Waals surface area contributed by atoms with Crippen LogP contribution in [0.2, 0.25) is 0 Å². The van der Waals surface area contributed by atoms with Crippen molar-refractivity contribution in [2.45, 2.75) is 30.7 Å². The van der Waals surface area contributed by atoms with Gasteiger partial charge in [-0.3, -0.25) is 0 Å². The number of hydrogen-bond donors (Lipinski definition) is 1. The smallest absolute Gasteiger partial charge is 0.0186 e. The van der Waals surface area contributed by atoms with Gasteiger partial charge in [-0.2, -0.15) is 0 Å². The number of rotatable bonds is 6. The van der Waals surface area contributed by atoms with E-state index in [0.717, 1.165) is 22.7 Å². The van der Waals surface area contributed by atoms with Crippen LogP contribution in [-0.4, -0.2) is 18.3 Å². The molecule has 1 unspecified atom stereocenters. The summed E-state index contributed by atoms with van der Waals surface area (Å²) in [6.45, 7) is 3.41. The van der Waals surface area contributed by atoms with Gasteiger partial charge in [0.05, 0.1) is 0 Å². The third kappa shape index (κ3) is 4.11. The molecule has 88 valence electrons. The highest BCUT2D eigenvalue weighted by Crippen LogP contribution is 2.32. The van der Waals surface area contributed by atoms with Crippen LogP contribution in [0.1, 0.15) is 19.8 Å². The number of halogens is 1. The quantitative estimate of drug-likeness (QED) is 0.631. The molecule has 16 heavy (non-hydrogen) atoms. The van der Waals surface area contributed by atoms with Crippen molar-refractivity contribution in [2.24, 2.45) is 5.92 Å². The molecule has 0 bridgehead atoms. The van der Waals surface area contributed by atoms with E-state index in [1.807, 2.05) is 11.8 Å². The Kier molecular flexibility index (Phi) is 4.74. The van der Waals surface area contributed by atoms with Crippen LogP contribution in [0, 0.1) is 5.92 Å². The number of nitrogens with one attached hydrogen (secondary N) is 1. The Labute approximate surface area is 111 Å². The normalized spacial score (nSPS) is 17.4. The second-order valence-corrected chi connectivity index (χ2v) is 6.47. The van der Waals surface area contributed by atoms with Gasteiger partial charge in [-0.1, -0.05) is 22.0 Å². The summed E-state index contributed by atoms with van der Waals surface area (Å²) in [6.07, 6.45) is 2.85. The first kappa shape index (κ1) is 12.5. The minimum absolute atomic E-state index is 0.711. The first-order valence-corrected chi connectivity index (χ1v) is 7.65. The molecule has 3 heteroatoms. The van der Waals surface area contributed by atoms with Gasteiger partial charge in [-0.05, 0) is 43.9 Å². The van der Waals surface area contributed by atoms with Crippen molar-refractivity contribution in [1.29, 1.82) is 0 Å². The summed E-state index contributed by atoms with van der Waals surface area (Å²) in [6, 6.07) is 9.21. The molecule has 0 aromatic heterocycles. The summed E-state index contributed by atoms with van der Waals surface area (Å²) < 4.78 is 1.16. The molecule has 1 fully saturated rings. The second kappa shape index (κ2) is 6.08. The zero-order valence-corrected chi connectivity index (χ0v) is 12.0. The van der Waals surface area contributed by atoms with Crippen LogP contribution in [0.4, 0.5) is 0 Å². The number of thioether (sulfide) groups is 1. The first-order valence-electron chi connectivity index (χ1n) is 5.87. The van der Waals surface area contributed by atoms with E-state index in [2.05, 4.69) is 52.4 Å². The van der Waals surface area contributed by atoms with E-state index in [1.54, 1.807) is 0 Å². The average molecular weight is 300 g/mol. The Morgan fingerprint density at radius 2 is 2.31 bits per heavy atom. The average Bonchev–Trinajstić information content (AvgIpc) is 3.08. The molecule has 1 N–H and O–H groups in total. The molecule has 1 aliphatic rings. The number of hydrogen-bond acceptors (Lipinski definition) is 2. The lowest BCUT2D eigenvalue weighted by atomic mass is 10.2. The topological polar surface area (TPSA) is 12.0 Å². The lowest BCUT2D eigenvalue weighted by molar-refractivity contribution is 0.514. The Bertz CT molecular complexity index is 338. The van der Waals surface area contributed by atoms with Crippen molar-refractivity contribution in [3.8, 4) is 0 Å². The van der Waals surface area contributed by atoms with E-state index in [-0.39, 0.29) is 0 Å². The van der Waals surface area contributed by atoms with Crippen molar-refractivity contribution in [2.75, 3.05) is 12.3 Å². The van der Waals surface area contributed by atoms with Gasteiger partial charge in [-0.25, -0.2) is 0 Å². The van der Waals surface area contributed by atoms with Gasteiger partial charge >= 0.3 is 0 Å². The maximum absolute atomic E-state index is 3.60. The molecular weight excluding hydrogens is 282 g/mol. The van der Waals surface area contributed by atoms with E-state index in [4.69, 9.17) is 0 Å². The predicted molar refractivity (Wildman–Crippen MR) is 75.1 cm³/mol. The monoisotopic (exact) mass is 299 g/mol. The molecule has 2 rings (SSSR count). The lowest BCUT2D eigenvalue weighted by Gasteiger charge is -2.12. The molecule has 1 saturated carbocycles. The standard InChI is InChI=1S/C13H18BrNS/c1-10(11-5-6-11)15-7-8-16-13-4-2-3-12(14)9-13/h2-4,9-11,15H,5-8H2,1H3. The minimum atomic E-state index is 0.711. The van der Waals surface area contributed by atoms with Gasteiger partial charge in [0.25, 0.3) is 0 Å². The Morgan fingerprint density at radius 1 is 1.50 bits per heavy atom. The molecule has 1 nitrogen and oxygen atoms in total. The molecular formula is C13H18BrNS. The van der Waals surface area contributed by atoms with Gasteiger partial charge in [0, 0.05) is 27.7 Å². The van der Waals surface area contributed by atoms with Crippen molar-refractivity contribution in [3.63, 3.8) is 0 Å². The van der Waals surface area contributed by atoms with Crippen LogP contribution in [0.25, 0.3) is 0 Å². The zero-order chi connectivity index (χ0) is 11.4. The third-order valence-electron chi connectivity index (χ3n) is 2.96. The van der Waals surface area contributed by atoms with Gasteiger partial charge in [0.15, 0.2) is 0 Å². The SMILES string of the molecule is CC(NCCSc1cccc(Br)c1)C1CC1. The molecule has 1 atom stereocenters. The molecule has 0 saturated heterocycles. The highest BCUT2D eigenvalue weighted by molar-refractivity contribution is 9.10. The summed E-state index contributed by atoms with van der Waals surface area (Å²) in [5.74, 6) is 2.10. The molecule has 1 aromatic rings. The lowest BCUT2D eigenvalue weighted by Crippen LogP contribution is -2.29. The number of benzene rings is 1. The molecule has 1 aromatic carbocycles. The van der Waals surface area contributed by atoms with Gasteiger partial charge < -0.3 is 5.32 Å². The summed E-state index contributed by atoms with van der Waals surface area (Å²) >= 11 is 5.41. The van der Waals surface area contributed by atoms with Crippen LogP contribution in [0.3, 0.4) is 0 Å². The highest BCUT2D eigenvalue weighted by Gasteiger charge is 2.26. The fourth-order valence-electron chi connectivity index (χ4n) is 1.78. The second-order valence-electron chi connectivity index (χ2n) is 4.39. The van der Waals surface area contributed by atoms with E-state index >= 15 is 0 Å². The summed E-state index contributed by atoms with van der Waals surface area (Å²) in [4.78, 5) is 1.34. The van der Waals surface area contributed by atoms with Crippen LogP contribution in [0.15, 0.2) is 33.6 Å². The highest BCUT2D eigenvalue weighted by atomic mass is 79.9. The Hall–Kier alpha value is 0.01000. The fraction of sp³-hybridized carbons (Fsp3) is 0.538. The molecule has 0 heterocycles. The van der Waals surface area contributed by atoms with Crippen LogP contribution in [0.5, 0.6) is 0 Å². The zero-order valence-electron chi connectivity index (χ0n) is 9.58. The largest absolute Gasteiger partial charge is 0.313 e. The van der Waals surface area contributed by atoms with Crippen molar-refractivity contribution in [1.82, 2.24) is 5.32 Å². The van der Waals surface area contributed by atoms with Crippen molar-refractivity contribution in [3.05, 3.63) is 28.7 Å².